The third-order valence-corrected chi connectivity index (χ3v) is 3.09. The Bertz CT molecular complexity index is 659. The molecule has 0 aliphatic carbocycles. The Kier molecular flexibility index (Phi) is 4.11. The van der Waals surface area contributed by atoms with Crippen molar-refractivity contribution in [3.05, 3.63) is 53.1 Å². The van der Waals surface area contributed by atoms with Crippen LogP contribution in [0.3, 0.4) is 0 Å². The number of nitriles is 1. The van der Waals surface area contributed by atoms with Gasteiger partial charge in [0.05, 0.1) is 30.1 Å². The molecule has 0 bridgehead atoms. The van der Waals surface area contributed by atoms with E-state index in [0.29, 0.717) is 17.8 Å². The molecule has 0 aliphatic rings. The Hall–Kier alpha value is -2.67. The lowest BCUT2D eigenvalue weighted by atomic mass is 10.1. The van der Waals surface area contributed by atoms with Crippen LogP contribution >= 0.6 is 0 Å². The van der Waals surface area contributed by atoms with Gasteiger partial charge < -0.3 is 15.8 Å². The number of hydrogen-bond acceptors (Lipinski definition) is 4. The minimum atomic E-state index is 0.557. The van der Waals surface area contributed by atoms with Crippen molar-refractivity contribution >= 4 is 11.4 Å². The van der Waals surface area contributed by atoms with Gasteiger partial charge in [-0.3, -0.25) is 0 Å². The van der Waals surface area contributed by atoms with Crippen LogP contribution in [-0.2, 0) is 6.54 Å². The molecule has 2 rings (SSSR count). The van der Waals surface area contributed by atoms with Gasteiger partial charge in [-0.15, -0.1) is 0 Å². The van der Waals surface area contributed by atoms with Crippen molar-refractivity contribution in [2.75, 3.05) is 18.2 Å². The van der Waals surface area contributed by atoms with E-state index in [-0.39, 0.29) is 0 Å². The molecule has 2 aromatic carbocycles. The highest BCUT2D eigenvalue weighted by atomic mass is 16.5. The summed E-state index contributed by atoms with van der Waals surface area (Å²) in [5, 5.41) is 12.1. The van der Waals surface area contributed by atoms with Crippen molar-refractivity contribution in [3.8, 4) is 11.8 Å². The molecule has 0 fully saturated rings. The van der Waals surface area contributed by atoms with Crippen molar-refractivity contribution in [2.45, 2.75) is 13.5 Å². The van der Waals surface area contributed by atoms with E-state index in [1.54, 1.807) is 19.2 Å². The van der Waals surface area contributed by atoms with Gasteiger partial charge in [-0.2, -0.15) is 5.26 Å². The maximum Gasteiger partial charge on any atom is 0.123 e. The zero-order chi connectivity index (χ0) is 14.5. The highest BCUT2D eigenvalue weighted by Gasteiger charge is 2.05. The zero-order valence-corrected chi connectivity index (χ0v) is 11.6. The normalized spacial score (nSPS) is 9.85. The Morgan fingerprint density at radius 1 is 1.25 bits per heavy atom. The fourth-order valence-electron chi connectivity index (χ4n) is 2.03. The average molecular weight is 267 g/mol. The van der Waals surface area contributed by atoms with Crippen molar-refractivity contribution in [3.63, 3.8) is 0 Å². The third kappa shape index (κ3) is 3.01. The van der Waals surface area contributed by atoms with Gasteiger partial charge in [0.15, 0.2) is 0 Å². The molecule has 20 heavy (non-hydrogen) atoms. The van der Waals surface area contributed by atoms with Gasteiger partial charge >= 0.3 is 0 Å². The number of methoxy groups -OCH3 is 1. The summed E-state index contributed by atoms with van der Waals surface area (Å²) >= 11 is 0. The van der Waals surface area contributed by atoms with Crippen LogP contribution in [0.5, 0.6) is 5.75 Å². The van der Waals surface area contributed by atoms with Gasteiger partial charge in [-0.1, -0.05) is 17.7 Å². The molecule has 4 heteroatoms. The number of nitrogens with zero attached hydrogens (tertiary/aromatic N) is 1. The molecule has 3 N–H and O–H groups in total. The molecule has 0 aliphatic heterocycles. The van der Waals surface area contributed by atoms with E-state index in [1.807, 2.05) is 25.1 Å². The Morgan fingerprint density at radius 3 is 2.70 bits per heavy atom. The van der Waals surface area contributed by atoms with Gasteiger partial charge in [-0.25, -0.2) is 0 Å². The Morgan fingerprint density at radius 2 is 2.05 bits per heavy atom. The lowest BCUT2D eigenvalue weighted by Gasteiger charge is -2.13. The van der Waals surface area contributed by atoms with Crippen molar-refractivity contribution in [1.82, 2.24) is 0 Å². The molecule has 0 unspecified atom stereocenters. The van der Waals surface area contributed by atoms with Gasteiger partial charge in [0.2, 0.25) is 0 Å². The molecular formula is C16H17N3O. The summed E-state index contributed by atoms with van der Waals surface area (Å²) < 4.78 is 5.34. The lowest BCUT2D eigenvalue weighted by Crippen LogP contribution is -2.04. The molecule has 0 spiro atoms. The molecule has 0 amide bonds. The maximum atomic E-state index is 8.82. The first-order chi connectivity index (χ1) is 9.63. The molecule has 0 saturated heterocycles. The molecule has 0 aromatic heterocycles. The smallest absolute Gasteiger partial charge is 0.123 e. The van der Waals surface area contributed by atoms with Crippen LogP contribution in [0.4, 0.5) is 11.4 Å². The summed E-state index contributed by atoms with van der Waals surface area (Å²) in [5.74, 6) is 0.843. The lowest BCUT2D eigenvalue weighted by molar-refractivity contribution is 0.410. The fraction of sp³-hybridized carbons (Fsp3) is 0.188. The van der Waals surface area contributed by atoms with Crippen LogP contribution in [-0.4, -0.2) is 7.11 Å². The van der Waals surface area contributed by atoms with Crippen LogP contribution in [0.1, 0.15) is 16.7 Å². The highest BCUT2D eigenvalue weighted by Crippen LogP contribution is 2.24. The summed E-state index contributed by atoms with van der Waals surface area (Å²) in [6.45, 7) is 2.65. The molecule has 0 atom stereocenters. The second-order valence-corrected chi connectivity index (χ2v) is 4.58. The van der Waals surface area contributed by atoms with Crippen LogP contribution in [0.15, 0.2) is 36.4 Å². The van der Waals surface area contributed by atoms with Gasteiger partial charge in [-0.05, 0) is 31.2 Å². The van der Waals surface area contributed by atoms with Crippen molar-refractivity contribution in [2.24, 2.45) is 0 Å². The van der Waals surface area contributed by atoms with Crippen molar-refractivity contribution < 1.29 is 4.74 Å². The number of rotatable bonds is 4. The van der Waals surface area contributed by atoms with Crippen LogP contribution in [0.2, 0.25) is 0 Å². The zero-order valence-electron chi connectivity index (χ0n) is 11.6. The minimum Gasteiger partial charge on any atom is -0.496 e. The molecule has 102 valence electrons. The van der Waals surface area contributed by atoms with E-state index >= 15 is 0 Å². The monoisotopic (exact) mass is 267 g/mol. The van der Waals surface area contributed by atoms with E-state index in [9.17, 15) is 0 Å². The minimum absolute atomic E-state index is 0.557. The van der Waals surface area contributed by atoms with Crippen LogP contribution < -0.4 is 15.8 Å². The van der Waals surface area contributed by atoms with Gasteiger partial charge in [0, 0.05) is 12.1 Å². The molecule has 2 aromatic rings. The first kappa shape index (κ1) is 13.8. The fourth-order valence-corrected chi connectivity index (χ4v) is 2.03. The number of hydrogen-bond donors (Lipinski definition) is 2. The standard InChI is InChI=1S/C16H17N3O/c1-11-3-6-16(20-2)13(7-11)10-19-15-5-4-12(9-17)8-14(15)18/h3-8,19H,10,18H2,1-2H3. The summed E-state index contributed by atoms with van der Waals surface area (Å²) in [4.78, 5) is 0. The quantitative estimate of drug-likeness (QED) is 0.835. The first-order valence-electron chi connectivity index (χ1n) is 6.31. The topological polar surface area (TPSA) is 71.1 Å². The molecule has 4 nitrogen and oxygen atoms in total. The summed E-state index contributed by atoms with van der Waals surface area (Å²) in [5.41, 5.74) is 10.1. The van der Waals surface area contributed by atoms with E-state index in [4.69, 9.17) is 15.7 Å². The van der Waals surface area contributed by atoms with Crippen LogP contribution in [0, 0.1) is 18.3 Å². The third-order valence-electron chi connectivity index (χ3n) is 3.09. The molecule has 0 heterocycles. The highest BCUT2D eigenvalue weighted by molar-refractivity contribution is 5.68. The van der Waals surface area contributed by atoms with E-state index in [2.05, 4.69) is 17.5 Å². The predicted octanol–water partition coefficient (Wildman–Crippen LogP) is 3.07. The average Bonchev–Trinajstić information content (AvgIpc) is 2.46. The van der Waals surface area contributed by atoms with E-state index in [0.717, 1.165) is 17.0 Å². The second kappa shape index (κ2) is 5.98. The molecule has 0 radical (unpaired) electrons. The van der Waals surface area contributed by atoms with Crippen molar-refractivity contribution in [1.29, 1.82) is 5.26 Å². The summed E-state index contributed by atoms with van der Waals surface area (Å²) in [6.07, 6.45) is 0. The SMILES string of the molecule is COc1ccc(C)cc1CNc1ccc(C#N)cc1N. The Balaban J connectivity index is 2.17. The first-order valence-corrected chi connectivity index (χ1v) is 6.31. The number of nitrogens with two attached hydrogens (primary N) is 1. The number of nitrogen functional groups attached to an aromatic ring is 1. The second-order valence-electron chi connectivity index (χ2n) is 4.58. The van der Waals surface area contributed by atoms with Crippen LogP contribution in [0.25, 0.3) is 0 Å². The largest absolute Gasteiger partial charge is 0.496 e. The number of ether oxygens (including phenoxy) is 1. The maximum absolute atomic E-state index is 8.82. The number of aryl methyl sites for hydroxylation is 1. The van der Waals surface area contributed by atoms with E-state index < -0.39 is 0 Å². The number of nitrogens with one attached hydrogen (secondary N) is 1. The number of anilines is 2. The summed E-state index contributed by atoms with van der Waals surface area (Å²) in [6, 6.07) is 13.3. The van der Waals surface area contributed by atoms with Gasteiger partial charge in [0.25, 0.3) is 0 Å². The summed E-state index contributed by atoms with van der Waals surface area (Å²) in [7, 11) is 1.66. The Labute approximate surface area is 118 Å². The molecule has 0 saturated carbocycles. The molecular weight excluding hydrogens is 250 g/mol. The van der Waals surface area contributed by atoms with Gasteiger partial charge in [0.1, 0.15) is 5.75 Å². The predicted molar refractivity (Wildman–Crippen MR) is 80.6 cm³/mol. The number of benzene rings is 2. The van der Waals surface area contributed by atoms with E-state index in [1.165, 1.54) is 5.56 Å².